The van der Waals surface area contributed by atoms with Crippen molar-refractivity contribution in [1.82, 2.24) is 4.98 Å². The van der Waals surface area contributed by atoms with Gasteiger partial charge in [0.1, 0.15) is 5.60 Å². The van der Waals surface area contributed by atoms with E-state index in [1.54, 1.807) is 20.8 Å². The molecule has 0 fully saturated rings. The molecule has 1 aliphatic rings. The van der Waals surface area contributed by atoms with Crippen molar-refractivity contribution in [3.63, 3.8) is 0 Å². The summed E-state index contributed by atoms with van der Waals surface area (Å²) in [4.78, 5) is 27.9. The normalized spacial score (nSPS) is 19.1. The number of aromatic nitrogens is 1. The van der Waals surface area contributed by atoms with E-state index in [9.17, 15) is 9.59 Å². The number of para-hydroxylation sites is 1. The molecule has 0 spiro atoms. The number of hydrogen-bond donors (Lipinski definition) is 1. The van der Waals surface area contributed by atoms with Crippen molar-refractivity contribution in [3.05, 3.63) is 35.0 Å². The Kier molecular flexibility index (Phi) is 6.03. The summed E-state index contributed by atoms with van der Waals surface area (Å²) >= 11 is 0. The van der Waals surface area contributed by atoms with Crippen molar-refractivity contribution in [3.8, 4) is 0 Å². The standard InChI is InChI=1S/C23H31NO5/c1-6-15-9-8-10-16-17-11-12-29-23(7-2,20(17)24-19(15)16)13-18(25)27-14-28-21(26)22(3,4)5/h8-10,24H,6-7,11-14H2,1-5H3/t23-/m0/s1. The maximum Gasteiger partial charge on any atom is 0.314 e. The van der Waals surface area contributed by atoms with Crippen molar-refractivity contribution in [2.24, 2.45) is 5.41 Å². The van der Waals surface area contributed by atoms with Gasteiger partial charge < -0.3 is 19.2 Å². The molecule has 6 nitrogen and oxygen atoms in total. The highest BCUT2D eigenvalue weighted by molar-refractivity contribution is 5.88. The molecule has 158 valence electrons. The van der Waals surface area contributed by atoms with Gasteiger partial charge >= 0.3 is 11.9 Å². The Morgan fingerprint density at radius 1 is 1.21 bits per heavy atom. The molecule has 0 amide bonds. The maximum absolute atomic E-state index is 12.5. The molecule has 1 N–H and O–H groups in total. The number of aryl methyl sites for hydroxylation is 1. The molecule has 0 saturated carbocycles. The van der Waals surface area contributed by atoms with Crippen LogP contribution in [0.4, 0.5) is 0 Å². The lowest BCUT2D eigenvalue weighted by Gasteiger charge is -2.36. The summed E-state index contributed by atoms with van der Waals surface area (Å²) in [5, 5.41) is 1.20. The minimum atomic E-state index is -0.761. The smallest absolute Gasteiger partial charge is 0.314 e. The van der Waals surface area contributed by atoms with Crippen LogP contribution < -0.4 is 0 Å². The fourth-order valence-electron chi connectivity index (χ4n) is 3.89. The van der Waals surface area contributed by atoms with Gasteiger partial charge in [0.2, 0.25) is 6.79 Å². The molecule has 2 heterocycles. The van der Waals surface area contributed by atoms with Crippen LogP contribution in [0, 0.1) is 5.41 Å². The topological polar surface area (TPSA) is 77.6 Å². The minimum Gasteiger partial charge on any atom is -0.428 e. The molecule has 0 unspecified atom stereocenters. The molecule has 1 aromatic heterocycles. The SMILES string of the molecule is CCc1cccc2c3c([nH]c12)[C@](CC)(CC(=O)OCOC(=O)C(C)(C)C)OCC3. The number of carbonyl (C=O) groups is 2. The molecule has 0 aliphatic carbocycles. The Bertz CT molecular complexity index is 908. The molecule has 3 rings (SSSR count). The van der Waals surface area contributed by atoms with Crippen molar-refractivity contribution in [2.75, 3.05) is 13.4 Å². The van der Waals surface area contributed by atoms with E-state index in [1.807, 2.05) is 6.92 Å². The average molecular weight is 402 g/mol. The number of fused-ring (bicyclic) bond motifs is 3. The molecule has 0 saturated heterocycles. The van der Waals surface area contributed by atoms with Crippen LogP contribution in [0.3, 0.4) is 0 Å². The monoisotopic (exact) mass is 401 g/mol. The number of rotatable bonds is 6. The first-order valence-corrected chi connectivity index (χ1v) is 10.3. The van der Waals surface area contributed by atoms with E-state index in [0.717, 1.165) is 24.1 Å². The van der Waals surface area contributed by atoms with Crippen LogP contribution in [0.15, 0.2) is 18.2 Å². The first-order valence-electron chi connectivity index (χ1n) is 10.3. The fraction of sp³-hybridized carbons (Fsp3) is 0.565. The zero-order valence-corrected chi connectivity index (χ0v) is 18.0. The molecule has 1 atom stereocenters. The number of esters is 2. The van der Waals surface area contributed by atoms with Gasteiger partial charge in [-0.15, -0.1) is 0 Å². The van der Waals surface area contributed by atoms with Gasteiger partial charge in [-0.2, -0.15) is 0 Å². The molecule has 1 aliphatic heterocycles. The number of nitrogens with one attached hydrogen (secondary N) is 1. The number of ether oxygens (including phenoxy) is 3. The molecular weight excluding hydrogens is 370 g/mol. The summed E-state index contributed by atoms with van der Waals surface area (Å²) < 4.78 is 16.4. The van der Waals surface area contributed by atoms with Crippen LogP contribution in [0.25, 0.3) is 10.9 Å². The van der Waals surface area contributed by atoms with E-state index in [-0.39, 0.29) is 13.2 Å². The second-order valence-electron chi connectivity index (χ2n) is 8.61. The van der Waals surface area contributed by atoms with Crippen molar-refractivity contribution in [1.29, 1.82) is 0 Å². The molecular formula is C23H31NO5. The van der Waals surface area contributed by atoms with Gasteiger partial charge in [0.25, 0.3) is 0 Å². The van der Waals surface area contributed by atoms with Crippen molar-refractivity contribution >= 4 is 22.8 Å². The lowest BCUT2D eigenvalue weighted by atomic mass is 9.86. The number of hydrogen-bond acceptors (Lipinski definition) is 5. The van der Waals surface area contributed by atoms with Gasteiger partial charge in [0.15, 0.2) is 0 Å². The number of carbonyl (C=O) groups excluding carboxylic acids is 2. The van der Waals surface area contributed by atoms with E-state index in [0.29, 0.717) is 13.0 Å². The lowest BCUT2D eigenvalue weighted by Crippen LogP contribution is -2.38. The number of H-pyrrole nitrogens is 1. The predicted octanol–water partition coefficient (Wildman–Crippen LogP) is 4.39. The van der Waals surface area contributed by atoms with E-state index < -0.39 is 23.0 Å². The maximum atomic E-state index is 12.5. The first kappa shape index (κ1) is 21.4. The highest BCUT2D eigenvalue weighted by Crippen LogP contribution is 2.42. The van der Waals surface area contributed by atoms with Crippen LogP contribution in [0.5, 0.6) is 0 Å². The predicted molar refractivity (Wildman–Crippen MR) is 110 cm³/mol. The summed E-state index contributed by atoms with van der Waals surface area (Å²) in [6, 6.07) is 6.33. The Balaban J connectivity index is 1.80. The summed E-state index contributed by atoms with van der Waals surface area (Å²) in [6.45, 7) is 9.57. The average Bonchev–Trinajstić information content (AvgIpc) is 3.07. The number of benzene rings is 1. The Labute approximate surface area is 171 Å². The third-order valence-electron chi connectivity index (χ3n) is 5.62. The van der Waals surface area contributed by atoms with Gasteiger partial charge in [0.05, 0.1) is 24.1 Å². The summed E-state index contributed by atoms with van der Waals surface area (Å²) in [6.07, 6.45) is 2.43. The van der Waals surface area contributed by atoms with Crippen LogP contribution in [-0.4, -0.2) is 30.3 Å². The van der Waals surface area contributed by atoms with Crippen LogP contribution in [0.2, 0.25) is 0 Å². The third-order valence-corrected chi connectivity index (χ3v) is 5.62. The molecule has 29 heavy (non-hydrogen) atoms. The zero-order valence-electron chi connectivity index (χ0n) is 18.0. The summed E-state index contributed by atoms with van der Waals surface area (Å²) in [5.41, 5.74) is 3.15. The quantitative estimate of drug-likeness (QED) is 0.574. The largest absolute Gasteiger partial charge is 0.428 e. The highest BCUT2D eigenvalue weighted by atomic mass is 16.7. The molecule has 1 aromatic carbocycles. The van der Waals surface area contributed by atoms with Crippen molar-refractivity contribution < 1.29 is 23.8 Å². The Hall–Kier alpha value is -2.34. The highest BCUT2D eigenvalue weighted by Gasteiger charge is 2.41. The van der Waals surface area contributed by atoms with Gasteiger partial charge in [0, 0.05) is 10.9 Å². The molecule has 6 heteroatoms. The first-order chi connectivity index (χ1) is 13.7. The Morgan fingerprint density at radius 3 is 2.62 bits per heavy atom. The number of aromatic amines is 1. The molecule has 2 aromatic rings. The van der Waals surface area contributed by atoms with E-state index in [2.05, 4.69) is 30.1 Å². The summed E-state index contributed by atoms with van der Waals surface area (Å²) in [7, 11) is 0. The van der Waals surface area contributed by atoms with E-state index in [1.165, 1.54) is 16.5 Å². The van der Waals surface area contributed by atoms with Crippen LogP contribution >= 0.6 is 0 Å². The fourth-order valence-corrected chi connectivity index (χ4v) is 3.89. The third kappa shape index (κ3) is 4.17. The van der Waals surface area contributed by atoms with Crippen molar-refractivity contribution in [2.45, 2.75) is 65.9 Å². The van der Waals surface area contributed by atoms with E-state index >= 15 is 0 Å². The van der Waals surface area contributed by atoms with Gasteiger partial charge in [-0.25, -0.2) is 0 Å². The molecule has 0 radical (unpaired) electrons. The molecule has 0 bridgehead atoms. The minimum absolute atomic E-state index is 0.0673. The second-order valence-corrected chi connectivity index (χ2v) is 8.61. The van der Waals surface area contributed by atoms with Crippen LogP contribution in [0.1, 0.15) is 64.3 Å². The van der Waals surface area contributed by atoms with Gasteiger partial charge in [-0.3, -0.25) is 9.59 Å². The lowest BCUT2D eigenvalue weighted by molar-refractivity contribution is -0.177. The van der Waals surface area contributed by atoms with E-state index in [4.69, 9.17) is 14.2 Å². The zero-order chi connectivity index (χ0) is 21.2. The summed E-state index contributed by atoms with van der Waals surface area (Å²) in [5.74, 6) is -0.856. The van der Waals surface area contributed by atoms with Gasteiger partial charge in [-0.1, -0.05) is 32.0 Å². The second kappa shape index (κ2) is 8.19. The van der Waals surface area contributed by atoms with Crippen LogP contribution in [-0.2, 0) is 42.2 Å². The van der Waals surface area contributed by atoms with Gasteiger partial charge in [-0.05, 0) is 51.2 Å². The Morgan fingerprint density at radius 2 is 1.97 bits per heavy atom.